The minimum absolute atomic E-state index is 0.0545. The van der Waals surface area contributed by atoms with E-state index in [2.05, 4.69) is 5.32 Å². The molecule has 0 aromatic heterocycles. The molecule has 1 saturated heterocycles. The van der Waals surface area contributed by atoms with Gasteiger partial charge in [0.05, 0.1) is 22.2 Å². The lowest BCUT2D eigenvalue weighted by atomic mass is 10.0. The molecule has 1 aromatic carbocycles. The minimum Gasteiger partial charge on any atom is -0.379 e. The zero-order chi connectivity index (χ0) is 15.8. The van der Waals surface area contributed by atoms with Crippen molar-refractivity contribution in [1.29, 1.82) is 0 Å². The van der Waals surface area contributed by atoms with Gasteiger partial charge in [0, 0.05) is 12.2 Å². The molecule has 0 saturated carbocycles. The highest BCUT2D eigenvalue weighted by molar-refractivity contribution is 7.89. The molecule has 1 fully saturated rings. The van der Waals surface area contributed by atoms with E-state index in [0.29, 0.717) is 19.6 Å². The monoisotopic (exact) mass is 352 g/mol. The third-order valence-corrected chi connectivity index (χ3v) is 5.05. The summed E-state index contributed by atoms with van der Waals surface area (Å²) in [6, 6.07) is 2.41. The summed E-state index contributed by atoms with van der Waals surface area (Å²) in [6.45, 7) is 2.79. The highest BCUT2D eigenvalue weighted by Gasteiger charge is 2.32. The molecule has 1 atom stereocenters. The van der Waals surface area contributed by atoms with Crippen molar-refractivity contribution in [1.82, 2.24) is 5.32 Å². The van der Waals surface area contributed by atoms with Crippen LogP contribution in [0.2, 0.25) is 10.0 Å². The molecule has 116 valence electrons. The Morgan fingerprint density at radius 1 is 1.43 bits per heavy atom. The predicted octanol–water partition coefficient (Wildman–Crippen LogP) is 1.55. The van der Waals surface area contributed by atoms with Gasteiger partial charge in [-0.15, -0.1) is 0 Å². The topological polar surface area (TPSA) is 98.5 Å². The van der Waals surface area contributed by atoms with Crippen LogP contribution in [0, 0.1) is 0 Å². The number of hydrogen-bond donors (Lipinski definition) is 2. The molecule has 1 unspecified atom stereocenters. The van der Waals surface area contributed by atoms with Gasteiger partial charge in [-0.05, 0) is 25.5 Å². The standard InChI is InChI=1S/C12H14Cl2N2O4S/c1-12(2-3-20-6-12)16-11(17)7-4-8(13)10(14)9(5-7)21(15,18)19/h4-5H,2-3,6H2,1H3,(H,16,17)(H2,15,18,19). The molecule has 3 N–H and O–H groups in total. The van der Waals surface area contributed by atoms with Gasteiger partial charge in [0.15, 0.2) is 0 Å². The molecule has 0 aliphatic carbocycles. The predicted molar refractivity (Wildman–Crippen MR) is 79.1 cm³/mol. The van der Waals surface area contributed by atoms with E-state index in [0.717, 1.165) is 6.07 Å². The summed E-state index contributed by atoms with van der Waals surface area (Å²) in [5.74, 6) is -0.466. The maximum Gasteiger partial charge on any atom is 0.251 e. The molecular weight excluding hydrogens is 339 g/mol. The molecule has 0 bridgehead atoms. The third kappa shape index (κ3) is 3.67. The van der Waals surface area contributed by atoms with Crippen molar-refractivity contribution in [3.8, 4) is 0 Å². The van der Waals surface area contributed by atoms with Crippen LogP contribution >= 0.6 is 23.2 Å². The first kappa shape index (κ1) is 16.5. The van der Waals surface area contributed by atoms with E-state index in [1.165, 1.54) is 6.07 Å². The van der Waals surface area contributed by atoms with Gasteiger partial charge in [-0.25, -0.2) is 13.6 Å². The lowest BCUT2D eigenvalue weighted by Crippen LogP contribution is -2.46. The van der Waals surface area contributed by atoms with E-state index in [1.54, 1.807) is 0 Å². The number of rotatable bonds is 3. The number of primary sulfonamides is 1. The van der Waals surface area contributed by atoms with Crippen LogP contribution in [0.3, 0.4) is 0 Å². The molecule has 1 aliphatic heterocycles. The summed E-state index contributed by atoms with van der Waals surface area (Å²) in [5, 5.41) is 7.60. The third-order valence-electron chi connectivity index (χ3n) is 3.20. The first-order valence-corrected chi connectivity index (χ1v) is 8.35. The molecule has 6 nitrogen and oxygen atoms in total. The number of nitrogens with two attached hydrogens (primary N) is 1. The molecule has 0 radical (unpaired) electrons. The number of carbonyl (C=O) groups excluding carboxylic acids is 1. The summed E-state index contributed by atoms with van der Waals surface area (Å²) in [7, 11) is -4.08. The molecule has 21 heavy (non-hydrogen) atoms. The minimum atomic E-state index is -4.08. The molecule has 1 aromatic rings. The highest BCUT2D eigenvalue weighted by Crippen LogP contribution is 2.30. The average Bonchev–Trinajstić information content (AvgIpc) is 2.77. The average molecular weight is 353 g/mol. The van der Waals surface area contributed by atoms with E-state index in [1.807, 2.05) is 6.92 Å². The fourth-order valence-electron chi connectivity index (χ4n) is 2.01. The number of carbonyl (C=O) groups is 1. The first-order chi connectivity index (χ1) is 9.62. The van der Waals surface area contributed by atoms with Gasteiger partial charge >= 0.3 is 0 Å². The Hall–Kier alpha value is -0.860. The largest absolute Gasteiger partial charge is 0.379 e. The van der Waals surface area contributed by atoms with E-state index < -0.39 is 21.5 Å². The number of ether oxygens (including phenoxy) is 1. The Morgan fingerprint density at radius 3 is 2.62 bits per heavy atom. The quantitative estimate of drug-likeness (QED) is 0.861. The molecule has 9 heteroatoms. The fraction of sp³-hybridized carbons (Fsp3) is 0.417. The second-order valence-electron chi connectivity index (χ2n) is 5.13. The van der Waals surface area contributed by atoms with Crippen LogP contribution in [-0.2, 0) is 14.8 Å². The van der Waals surface area contributed by atoms with Crippen LogP contribution < -0.4 is 10.5 Å². The smallest absolute Gasteiger partial charge is 0.251 e. The van der Waals surface area contributed by atoms with E-state index >= 15 is 0 Å². The van der Waals surface area contributed by atoms with Crippen LogP contribution in [0.25, 0.3) is 0 Å². The van der Waals surface area contributed by atoms with Gasteiger partial charge in [-0.1, -0.05) is 23.2 Å². The molecule has 1 aliphatic rings. The Morgan fingerprint density at radius 2 is 2.10 bits per heavy atom. The maximum absolute atomic E-state index is 12.2. The van der Waals surface area contributed by atoms with Gasteiger partial charge in [0.1, 0.15) is 4.90 Å². The lowest BCUT2D eigenvalue weighted by Gasteiger charge is -2.23. The van der Waals surface area contributed by atoms with Crippen molar-refractivity contribution in [2.24, 2.45) is 5.14 Å². The number of amides is 1. The molecule has 2 rings (SSSR count). The van der Waals surface area contributed by atoms with Crippen molar-refractivity contribution in [3.63, 3.8) is 0 Å². The van der Waals surface area contributed by atoms with Crippen LogP contribution in [0.15, 0.2) is 17.0 Å². The van der Waals surface area contributed by atoms with E-state index in [-0.39, 0.29) is 20.5 Å². The van der Waals surface area contributed by atoms with Crippen LogP contribution in [-0.4, -0.2) is 33.1 Å². The molecular formula is C12H14Cl2N2O4S. The maximum atomic E-state index is 12.2. The van der Waals surface area contributed by atoms with Crippen molar-refractivity contribution in [3.05, 3.63) is 27.7 Å². The number of hydrogen-bond acceptors (Lipinski definition) is 4. The van der Waals surface area contributed by atoms with Gasteiger partial charge in [-0.3, -0.25) is 4.79 Å². The Labute approximate surface area is 132 Å². The summed E-state index contributed by atoms with van der Waals surface area (Å²) in [6.07, 6.45) is 0.669. The summed E-state index contributed by atoms with van der Waals surface area (Å²) >= 11 is 11.7. The summed E-state index contributed by atoms with van der Waals surface area (Å²) in [5.41, 5.74) is -0.424. The zero-order valence-electron chi connectivity index (χ0n) is 11.2. The molecule has 0 spiro atoms. The second-order valence-corrected chi connectivity index (χ2v) is 7.45. The van der Waals surface area contributed by atoms with E-state index in [9.17, 15) is 13.2 Å². The first-order valence-electron chi connectivity index (χ1n) is 6.04. The summed E-state index contributed by atoms with van der Waals surface area (Å²) < 4.78 is 28.2. The Bertz CT molecular complexity index is 685. The SMILES string of the molecule is CC1(NC(=O)c2cc(Cl)c(Cl)c(S(N)(=O)=O)c2)CCOC1. The van der Waals surface area contributed by atoms with E-state index in [4.69, 9.17) is 33.1 Å². The van der Waals surface area contributed by atoms with Crippen molar-refractivity contribution in [2.75, 3.05) is 13.2 Å². The second kappa shape index (κ2) is 5.73. The van der Waals surface area contributed by atoms with Gasteiger partial charge < -0.3 is 10.1 Å². The highest BCUT2D eigenvalue weighted by atomic mass is 35.5. The van der Waals surface area contributed by atoms with Crippen LogP contribution in [0.4, 0.5) is 0 Å². The lowest BCUT2D eigenvalue weighted by molar-refractivity contribution is 0.0889. The zero-order valence-corrected chi connectivity index (χ0v) is 13.5. The van der Waals surface area contributed by atoms with Gasteiger partial charge in [0.25, 0.3) is 5.91 Å². The van der Waals surface area contributed by atoms with Crippen molar-refractivity contribution in [2.45, 2.75) is 23.8 Å². The van der Waals surface area contributed by atoms with Crippen LogP contribution in [0.1, 0.15) is 23.7 Å². The van der Waals surface area contributed by atoms with Gasteiger partial charge in [0.2, 0.25) is 10.0 Å². The Balaban J connectivity index is 2.36. The number of halogens is 2. The molecule has 1 heterocycles. The van der Waals surface area contributed by atoms with Crippen LogP contribution in [0.5, 0.6) is 0 Å². The normalized spacial score (nSPS) is 22.3. The van der Waals surface area contributed by atoms with Crippen molar-refractivity contribution < 1.29 is 17.9 Å². The van der Waals surface area contributed by atoms with Crippen molar-refractivity contribution >= 4 is 39.1 Å². The molecule has 1 amide bonds. The number of nitrogens with one attached hydrogen (secondary N) is 1. The Kier molecular flexibility index (Phi) is 4.51. The fourth-order valence-corrected chi connectivity index (χ4v) is 3.37. The summed E-state index contributed by atoms with van der Waals surface area (Å²) in [4.78, 5) is 11.9. The number of sulfonamides is 1. The number of benzene rings is 1. The van der Waals surface area contributed by atoms with Gasteiger partial charge in [-0.2, -0.15) is 0 Å².